The highest BCUT2D eigenvalue weighted by Crippen LogP contribution is 2.27. The summed E-state index contributed by atoms with van der Waals surface area (Å²) in [5, 5.41) is 0. The van der Waals surface area contributed by atoms with Crippen molar-refractivity contribution >= 4 is 5.91 Å². The van der Waals surface area contributed by atoms with Crippen molar-refractivity contribution in [1.82, 2.24) is 14.7 Å². The Bertz CT molecular complexity index is 331. The van der Waals surface area contributed by atoms with E-state index < -0.39 is 0 Å². The third-order valence-corrected chi connectivity index (χ3v) is 5.07. The molecule has 2 saturated heterocycles. The molecule has 0 aromatic rings. The number of nitrogens with two attached hydrogens (primary N) is 1. The van der Waals surface area contributed by atoms with Crippen molar-refractivity contribution < 1.29 is 4.79 Å². The van der Waals surface area contributed by atoms with E-state index >= 15 is 0 Å². The number of piperazine rings is 1. The summed E-state index contributed by atoms with van der Waals surface area (Å²) >= 11 is 0. The van der Waals surface area contributed by atoms with Crippen molar-refractivity contribution in [3.63, 3.8) is 0 Å². The van der Waals surface area contributed by atoms with Gasteiger partial charge in [0, 0.05) is 64.3 Å². The lowest BCUT2D eigenvalue weighted by Gasteiger charge is -2.39. The van der Waals surface area contributed by atoms with Crippen molar-refractivity contribution in [3.05, 3.63) is 0 Å². The second-order valence-electron chi connectivity index (χ2n) is 6.48. The minimum absolute atomic E-state index is 0.240. The lowest BCUT2D eigenvalue weighted by Crippen LogP contribution is -2.53. The fourth-order valence-corrected chi connectivity index (χ4v) is 3.57. The first-order valence-corrected chi connectivity index (χ1v) is 8.24. The molecule has 1 aliphatic carbocycles. The number of nitrogens with zero attached hydrogens (tertiary/aromatic N) is 3. The smallest absolute Gasteiger partial charge is 0.224 e. The number of hydrogen-bond acceptors (Lipinski definition) is 4. The maximum Gasteiger partial charge on any atom is 0.224 e. The molecule has 3 fully saturated rings. The fraction of sp³-hybridized carbons (Fsp3) is 0.933. The second-order valence-corrected chi connectivity index (χ2v) is 6.48. The standard InChI is InChI=1S/C15H28N4O/c16-12-14(11-15(20)19-5-1-2-6-19)18-9-7-17(8-10-18)13-3-4-13/h13-14H,1-12,16H2. The minimum Gasteiger partial charge on any atom is -0.343 e. The van der Waals surface area contributed by atoms with Gasteiger partial charge >= 0.3 is 0 Å². The van der Waals surface area contributed by atoms with Gasteiger partial charge in [-0.15, -0.1) is 0 Å². The third kappa shape index (κ3) is 3.32. The van der Waals surface area contributed by atoms with Crippen molar-refractivity contribution in [1.29, 1.82) is 0 Å². The van der Waals surface area contributed by atoms with E-state index in [1.54, 1.807) is 0 Å². The van der Waals surface area contributed by atoms with Crippen molar-refractivity contribution in [3.8, 4) is 0 Å². The Morgan fingerprint density at radius 2 is 1.70 bits per heavy atom. The highest BCUT2D eigenvalue weighted by atomic mass is 16.2. The third-order valence-electron chi connectivity index (χ3n) is 5.07. The quantitative estimate of drug-likeness (QED) is 0.776. The van der Waals surface area contributed by atoms with Crippen molar-refractivity contribution in [2.75, 3.05) is 45.8 Å². The zero-order valence-electron chi connectivity index (χ0n) is 12.5. The summed E-state index contributed by atoms with van der Waals surface area (Å²) in [5.74, 6) is 0.308. The number of carbonyl (C=O) groups excluding carboxylic acids is 1. The zero-order chi connectivity index (χ0) is 13.9. The van der Waals surface area contributed by atoms with Crippen LogP contribution in [0.4, 0.5) is 0 Å². The Morgan fingerprint density at radius 3 is 2.25 bits per heavy atom. The summed E-state index contributed by atoms with van der Waals surface area (Å²) in [6, 6.07) is 1.10. The average molecular weight is 280 g/mol. The number of carbonyl (C=O) groups is 1. The monoisotopic (exact) mass is 280 g/mol. The average Bonchev–Trinajstić information content (AvgIpc) is 3.19. The molecule has 0 aromatic heterocycles. The molecular formula is C15H28N4O. The molecule has 2 N–H and O–H groups in total. The van der Waals surface area contributed by atoms with E-state index in [0.29, 0.717) is 18.9 Å². The molecule has 1 atom stereocenters. The summed E-state index contributed by atoms with van der Waals surface area (Å²) in [5.41, 5.74) is 5.93. The second kappa shape index (κ2) is 6.41. The first kappa shape index (κ1) is 14.3. The molecule has 20 heavy (non-hydrogen) atoms. The van der Waals surface area contributed by atoms with Gasteiger partial charge in [0.1, 0.15) is 0 Å². The van der Waals surface area contributed by atoms with Crippen LogP contribution < -0.4 is 5.73 Å². The maximum atomic E-state index is 12.3. The van der Waals surface area contributed by atoms with E-state index in [4.69, 9.17) is 5.73 Å². The predicted molar refractivity (Wildman–Crippen MR) is 79.4 cm³/mol. The predicted octanol–water partition coefficient (Wildman–Crippen LogP) is 0.106. The highest BCUT2D eigenvalue weighted by Gasteiger charge is 2.33. The lowest BCUT2D eigenvalue weighted by atomic mass is 10.1. The van der Waals surface area contributed by atoms with Crippen LogP contribution in [0.5, 0.6) is 0 Å². The number of amides is 1. The van der Waals surface area contributed by atoms with Crippen molar-refractivity contribution in [2.24, 2.45) is 5.73 Å². The molecule has 0 bridgehead atoms. The van der Waals surface area contributed by atoms with Gasteiger partial charge < -0.3 is 10.6 Å². The van der Waals surface area contributed by atoms with E-state index in [9.17, 15) is 4.79 Å². The van der Waals surface area contributed by atoms with Gasteiger partial charge in [0.25, 0.3) is 0 Å². The Kier molecular flexibility index (Phi) is 4.58. The van der Waals surface area contributed by atoms with Crippen LogP contribution in [0.3, 0.4) is 0 Å². The van der Waals surface area contributed by atoms with Gasteiger partial charge in [-0.3, -0.25) is 14.6 Å². The molecule has 0 radical (unpaired) electrons. The Morgan fingerprint density at radius 1 is 1.05 bits per heavy atom. The summed E-state index contributed by atoms with van der Waals surface area (Å²) < 4.78 is 0. The lowest BCUT2D eigenvalue weighted by molar-refractivity contribution is -0.131. The van der Waals surface area contributed by atoms with Crippen molar-refractivity contribution in [2.45, 2.75) is 44.2 Å². The van der Waals surface area contributed by atoms with E-state index in [2.05, 4.69) is 9.80 Å². The van der Waals surface area contributed by atoms with E-state index in [1.807, 2.05) is 4.90 Å². The normalized spacial score (nSPS) is 26.9. The SMILES string of the molecule is NCC(CC(=O)N1CCCC1)N1CCN(C2CC2)CC1. The Balaban J connectivity index is 1.47. The summed E-state index contributed by atoms with van der Waals surface area (Å²) in [6.07, 6.45) is 5.71. The van der Waals surface area contributed by atoms with Gasteiger partial charge in [0.15, 0.2) is 0 Å². The summed E-state index contributed by atoms with van der Waals surface area (Å²) in [4.78, 5) is 19.3. The molecule has 114 valence electrons. The molecule has 3 aliphatic rings. The van der Waals surface area contributed by atoms with Gasteiger partial charge in [-0.2, -0.15) is 0 Å². The fourth-order valence-electron chi connectivity index (χ4n) is 3.57. The first-order valence-electron chi connectivity index (χ1n) is 8.24. The molecule has 5 heteroatoms. The molecule has 2 aliphatic heterocycles. The molecule has 1 saturated carbocycles. The van der Waals surface area contributed by atoms with Gasteiger partial charge in [-0.25, -0.2) is 0 Å². The van der Waals surface area contributed by atoms with Crippen LogP contribution in [-0.2, 0) is 4.79 Å². The van der Waals surface area contributed by atoms with Gasteiger partial charge in [0.2, 0.25) is 5.91 Å². The van der Waals surface area contributed by atoms with Crippen LogP contribution in [0.1, 0.15) is 32.1 Å². The number of rotatable bonds is 5. The molecule has 0 aromatic carbocycles. The molecule has 1 unspecified atom stereocenters. The highest BCUT2D eigenvalue weighted by molar-refractivity contribution is 5.77. The first-order chi connectivity index (χ1) is 9.78. The largest absolute Gasteiger partial charge is 0.343 e. The molecule has 0 spiro atoms. The zero-order valence-corrected chi connectivity index (χ0v) is 12.5. The van der Waals surface area contributed by atoms with E-state index in [1.165, 1.54) is 25.7 Å². The van der Waals surface area contributed by atoms with Crippen LogP contribution in [0.2, 0.25) is 0 Å². The van der Waals surface area contributed by atoms with Crippen LogP contribution >= 0.6 is 0 Å². The summed E-state index contributed by atoms with van der Waals surface area (Å²) in [7, 11) is 0. The number of likely N-dealkylation sites (tertiary alicyclic amines) is 1. The van der Waals surface area contributed by atoms with E-state index in [-0.39, 0.29) is 6.04 Å². The van der Waals surface area contributed by atoms with E-state index in [0.717, 1.165) is 45.3 Å². The number of hydrogen-bond donors (Lipinski definition) is 1. The van der Waals surface area contributed by atoms with Gasteiger partial charge in [0.05, 0.1) is 0 Å². The van der Waals surface area contributed by atoms with Crippen LogP contribution in [0.25, 0.3) is 0 Å². The molecule has 2 heterocycles. The Hall–Kier alpha value is -0.650. The van der Waals surface area contributed by atoms with Gasteiger partial charge in [-0.05, 0) is 25.7 Å². The molecule has 5 nitrogen and oxygen atoms in total. The summed E-state index contributed by atoms with van der Waals surface area (Å²) in [6.45, 7) is 6.95. The van der Waals surface area contributed by atoms with Crippen LogP contribution in [0.15, 0.2) is 0 Å². The topological polar surface area (TPSA) is 52.8 Å². The van der Waals surface area contributed by atoms with Crippen LogP contribution in [0, 0.1) is 0 Å². The van der Waals surface area contributed by atoms with Crippen LogP contribution in [-0.4, -0.2) is 78.5 Å². The minimum atomic E-state index is 0.240. The molecule has 3 rings (SSSR count). The molecule has 1 amide bonds. The maximum absolute atomic E-state index is 12.3. The van der Waals surface area contributed by atoms with Gasteiger partial charge in [-0.1, -0.05) is 0 Å². The molecular weight excluding hydrogens is 252 g/mol. The Labute approximate surface area is 122 Å².